The average Bonchev–Trinajstić information content (AvgIpc) is 3.40. The number of hydrogen-bond donors (Lipinski definition) is 1. The van der Waals surface area contributed by atoms with E-state index in [2.05, 4.69) is 25.8 Å². The normalized spacial score (nSPS) is 10.6. The smallest absolute Gasteiger partial charge is 0.275 e. The maximum Gasteiger partial charge on any atom is 0.275 e. The van der Waals surface area contributed by atoms with Crippen LogP contribution in [0.4, 0.5) is 10.1 Å². The summed E-state index contributed by atoms with van der Waals surface area (Å²) in [6.45, 7) is 0.199. The second kappa shape index (κ2) is 7.92. The Labute approximate surface area is 162 Å². The number of nitrogens with zero attached hydrogens (tertiary/aromatic N) is 5. The van der Waals surface area contributed by atoms with Crippen molar-refractivity contribution in [3.05, 3.63) is 76.8 Å². The van der Waals surface area contributed by atoms with Crippen LogP contribution in [0, 0.1) is 5.82 Å². The molecule has 0 aliphatic rings. The number of thiazole rings is 1. The molecule has 1 N–H and O–H groups in total. The van der Waals surface area contributed by atoms with Crippen molar-refractivity contribution < 1.29 is 13.9 Å². The SMILES string of the molecule is O=C(Nc1ccc(-n2cnnn2)cc1)c1csc(COc2ccc(F)cc2)n1. The number of halogens is 1. The molecule has 0 radical (unpaired) electrons. The van der Waals surface area contributed by atoms with Gasteiger partial charge in [0, 0.05) is 11.1 Å². The van der Waals surface area contributed by atoms with E-state index in [1.54, 1.807) is 29.6 Å². The standard InChI is InChI=1S/C18H13FN6O2S/c19-12-1-7-15(8-2-12)27-9-17-22-16(10-28-17)18(26)21-13-3-5-14(6-4-13)25-11-20-23-24-25/h1-8,10-11H,9H2,(H,21,26). The molecule has 1 amide bonds. The topological polar surface area (TPSA) is 94.8 Å². The Morgan fingerprint density at radius 2 is 1.93 bits per heavy atom. The predicted octanol–water partition coefficient (Wildman–Crippen LogP) is 3.09. The molecular formula is C18H13FN6O2S. The van der Waals surface area contributed by atoms with Crippen molar-refractivity contribution in [3.8, 4) is 11.4 Å². The first-order valence-corrected chi connectivity index (χ1v) is 9.03. The second-order valence-electron chi connectivity index (χ2n) is 5.62. The number of anilines is 1. The molecule has 140 valence electrons. The Bertz CT molecular complexity index is 1060. The fourth-order valence-corrected chi connectivity index (χ4v) is 3.02. The first kappa shape index (κ1) is 17.7. The van der Waals surface area contributed by atoms with Crippen LogP contribution in [0.15, 0.2) is 60.2 Å². The minimum Gasteiger partial charge on any atom is -0.486 e. The summed E-state index contributed by atoms with van der Waals surface area (Å²) in [5.41, 5.74) is 1.70. The lowest BCUT2D eigenvalue weighted by molar-refractivity contribution is 0.102. The zero-order chi connectivity index (χ0) is 19.3. The van der Waals surface area contributed by atoms with Crippen LogP contribution in [0.3, 0.4) is 0 Å². The number of carbonyl (C=O) groups is 1. The third-order valence-corrected chi connectivity index (χ3v) is 4.52. The molecule has 2 aromatic heterocycles. The molecule has 2 heterocycles. The van der Waals surface area contributed by atoms with Crippen LogP contribution in [-0.4, -0.2) is 31.1 Å². The summed E-state index contributed by atoms with van der Waals surface area (Å²) in [5.74, 6) is -0.115. The van der Waals surface area contributed by atoms with Crippen molar-refractivity contribution in [1.29, 1.82) is 0 Å². The van der Waals surface area contributed by atoms with E-state index in [0.29, 0.717) is 22.1 Å². The minimum absolute atomic E-state index is 0.199. The van der Waals surface area contributed by atoms with E-state index in [0.717, 1.165) is 5.69 Å². The highest BCUT2D eigenvalue weighted by atomic mass is 32.1. The first-order chi connectivity index (χ1) is 13.7. The summed E-state index contributed by atoms with van der Waals surface area (Å²) < 4.78 is 19.9. The van der Waals surface area contributed by atoms with Crippen LogP contribution in [0.1, 0.15) is 15.5 Å². The largest absolute Gasteiger partial charge is 0.486 e. The average molecular weight is 396 g/mol. The molecule has 10 heteroatoms. The number of rotatable bonds is 6. The lowest BCUT2D eigenvalue weighted by Crippen LogP contribution is -2.12. The summed E-state index contributed by atoms with van der Waals surface area (Å²) >= 11 is 1.32. The fourth-order valence-electron chi connectivity index (χ4n) is 2.33. The highest BCUT2D eigenvalue weighted by Gasteiger charge is 2.12. The van der Waals surface area contributed by atoms with Crippen LogP contribution in [0.25, 0.3) is 5.69 Å². The molecule has 28 heavy (non-hydrogen) atoms. The Kier molecular flexibility index (Phi) is 5.02. The lowest BCUT2D eigenvalue weighted by atomic mass is 10.2. The number of amides is 1. The van der Waals surface area contributed by atoms with Gasteiger partial charge in [-0.25, -0.2) is 14.1 Å². The van der Waals surface area contributed by atoms with E-state index in [-0.39, 0.29) is 18.3 Å². The summed E-state index contributed by atoms with van der Waals surface area (Å²) in [5, 5.41) is 16.0. The van der Waals surface area contributed by atoms with Gasteiger partial charge in [0.2, 0.25) is 0 Å². The van der Waals surface area contributed by atoms with Crippen LogP contribution in [0.5, 0.6) is 5.75 Å². The van der Waals surface area contributed by atoms with Crippen LogP contribution in [0.2, 0.25) is 0 Å². The van der Waals surface area contributed by atoms with E-state index in [9.17, 15) is 9.18 Å². The number of hydrogen-bond acceptors (Lipinski definition) is 7. The Hall–Kier alpha value is -3.66. The number of nitrogens with one attached hydrogen (secondary N) is 1. The van der Waals surface area contributed by atoms with Crippen molar-refractivity contribution in [1.82, 2.24) is 25.2 Å². The van der Waals surface area contributed by atoms with Crippen LogP contribution in [-0.2, 0) is 6.61 Å². The number of ether oxygens (including phenoxy) is 1. The molecule has 0 aliphatic heterocycles. The molecule has 0 unspecified atom stereocenters. The quantitative estimate of drug-likeness (QED) is 0.538. The lowest BCUT2D eigenvalue weighted by Gasteiger charge is -2.05. The molecular weight excluding hydrogens is 383 g/mol. The van der Waals surface area contributed by atoms with Crippen LogP contribution >= 0.6 is 11.3 Å². The number of benzene rings is 2. The summed E-state index contributed by atoms with van der Waals surface area (Å²) in [4.78, 5) is 16.6. The maximum absolute atomic E-state index is 12.9. The van der Waals surface area contributed by atoms with Gasteiger partial charge in [-0.05, 0) is 59.0 Å². The van der Waals surface area contributed by atoms with Crippen molar-refractivity contribution in [2.75, 3.05) is 5.32 Å². The Balaban J connectivity index is 1.35. The number of tetrazole rings is 1. The molecule has 4 rings (SSSR count). The summed E-state index contributed by atoms with van der Waals surface area (Å²) in [7, 11) is 0. The van der Waals surface area contributed by atoms with Gasteiger partial charge in [-0.1, -0.05) is 0 Å². The number of carbonyl (C=O) groups excluding carboxylic acids is 1. The van der Waals surface area contributed by atoms with Gasteiger partial charge in [-0.3, -0.25) is 4.79 Å². The van der Waals surface area contributed by atoms with E-state index in [1.807, 2.05) is 0 Å². The highest BCUT2D eigenvalue weighted by molar-refractivity contribution is 7.09. The van der Waals surface area contributed by atoms with E-state index in [4.69, 9.17) is 4.74 Å². The monoisotopic (exact) mass is 396 g/mol. The van der Waals surface area contributed by atoms with Gasteiger partial charge in [0.1, 0.15) is 35.2 Å². The molecule has 0 spiro atoms. The molecule has 0 saturated carbocycles. The Morgan fingerprint density at radius 3 is 2.64 bits per heavy atom. The zero-order valence-electron chi connectivity index (χ0n) is 14.3. The molecule has 0 atom stereocenters. The van der Waals surface area contributed by atoms with E-state index < -0.39 is 0 Å². The second-order valence-corrected chi connectivity index (χ2v) is 6.57. The fraction of sp³-hybridized carbons (Fsp3) is 0.0556. The van der Waals surface area contributed by atoms with Gasteiger partial charge in [0.05, 0.1) is 5.69 Å². The molecule has 4 aromatic rings. The van der Waals surface area contributed by atoms with Gasteiger partial charge in [0.15, 0.2) is 0 Å². The van der Waals surface area contributed by atoms with Crippen molar-refractivity contribution in [2.45, 2.75) is 6.61 Å². The van der Waals surface area contributed by atoms with Gasteiger partial charge in [0.25, 0.3) is 5.91 Å². The third-order valence-electron chi connectivity index (χ3n) is 3.70. The first-order valence-electron chi connectivity index (χ1n) is 8.15. The van der Waals surface area contributed by atoms with Crippen LogP contribution < -0.4 is 10.1 Å². The van der Waals surface area contributed by atoms with Gasteiger partial charge < -0.3 is 10.1 Å². The van der Waals surface area contributed by atoms with E-state index in [1.165, 1.54) is 46.6 Å². The zero-order valence-corrected chi connectivity index (χ0v) is 15.1. The van der Waals surface area contributed by atoms with Crippen molar-refractivity contribution in [2.24, 2.45) is 0 Å². The van der Waals surface area contributed by atoms with Gasteiger partial charge >= 0.3 is 0 Å². The molecule has 8 nitrogen and oxygen atoms in total. The van der Waals surface area contributed by atoms with Gasteiger partial charge in [-0.15, -0.1) is 16.4 Å². The molecule has 2 aromatic carbocycles. The molecule has 0 fully saturated rings. The summed E-state index contributed by atoms with van der Waals surface area (Å²) in [6, 6.07) is 12.8. The summed E-state index contributed by atoms with van der Waals surface area (Å²) in [6.07, 6.45) is 1.48. The number of aromatic nitrogens is 5. The predicted molar refractivity (Wildman–Crippen MR) is 100.0 cm³/mol. The van der Waals surface area contributed by atoms with Gasteiger partial charge in [-0.2, -0.15) is 0 Å². The molecule has 0 saturated heterocycles. The molecule has 0 bridgehead atoms. The van der Waals surface area contributed by atoms with Crippen molar-refractivity contribution >= 4 is 22.9 Å². The highest BCUT2D eigenvalue weighted by Crippen LogP contribution is 2.17. The molecule has 0 aliphatic carbocycles. The maximum atomic E-state index is 12.9. The Morgan fingerprint density at radius 1 is 1.14 bits per heavy atom. The van der Waals surface area contributed by atoms with Crippen molar-refractivity contribution in [3.63, 3.8) is 0 Å². The minimum atomic E-state index is -0.327. The van der Waals surface area contributed by atoms with E-state index >= 15 is 0 Å². The third kappa shape index (κ3) is 4.18.